The van der Waals surface area contributed by atoms with Crippen LogP contribution in [0.4, 0.5) is 0 Å². The van der Waals surface area contributed by atoms with Crippen LogP contribution in [-0.4, -0.2) is 53.5 Å². The van der Waals surface area contributed by atoms with E-state index in [1.807, 2.05) is 55.1 Å². The first-order chi connectivity index (χ1) is 15.0. The minimum atomic E-state index is -0.320. The van der Waals surface area contributed by atoms with Gasteiger partial charge in [0, 0.05) is 31.4 Å². The lowest BCUT2D eigenvalue weighted by Gasteiger charge is -2.26. The van der Waals surface area contributed by atoms with E-state index in [2.05, 4.69) is 10.2 Å². The van der Waals surface area contributed by atoms with Gasteiger partial charge in [-0.1, -0.05) is 18.2 Å². The number of rotatable bonds is 7. The van der Waals surface area contributed by atoms with Gasteiger partial charge in [-0.15, -0.1) is 0 Å². The molecule has 0 bridgehead atoms. The van der Waals surface area contributed by atoms with Gasteiger partial charge >= 0.3 is 0 Å². The average molecular weight is 421 g/mol. The summed E-state index contributed by atoms with van der Waals surface area (Å²) in [6, 6.07) is 11.2. The van der Waals surface area contributed by atoms with E-state index in [0.29, 0.717) is 30.1 Å². The van der Waals surface area contributed by atoms with E-state index in [4.69, 9.17) is 9.47 Å². The van der Waals surface area contributed by atoms with Crippen molar-refractivity contribution in [2.45, 2.75) is 26.3 Å². The first-order valence-electron chi connectivity index (χ1n) is 10.3. The van der Waals surface area contributed by atoms with Crippen molar-refractivity contribution < 1.29 is 19.4 Å². The Kier molecular flexibility index (Phi) is 5.69. The summed E-state index contributed by atoms with van der Waals surface area (Å²) < 4.78 is 10.5. The van der Waals surface area contributed by atoms with Crippen molar-refractivity contribution in [1.82, 2.24) is 15.1 Å². The molecule has 4 rings (SSSR count). The topological polar surface area (TPSA) is 87.7 Å². The van der Waals surface area contributed by atoms with Gasteiger partial charge in [-0.3, -0.25) is 9.89 Å². The first kappa shape index (κ1) is 20.9. The van der Waals surface area contributed by atoms with E-state index in [0.717, 1.165) is 34.4 Å². The summed E-state index contributed by atoms with van der Waals surface area (Å²) in [4.78, 5) is 15.1. The second-order valence-electron chi connectivity index (χ2n) is 7.86. The number of amides is 1. The van der Waals surface area contributed by atoms with Crippen LogP contribution in [0.5, 0.6) is 11.5 Å². The monoisotopic (exact) mass is 421 g/mol. The predicted molar refractivity (Wildman–Crippen MR) is 118 cm³/mol. The summed E-state index contributed by atoms with van der Waals surface area (Å²) in [6.45, 7) is 4.95. The molecular weight excluding hydrogens is 394 g/mol. The highest BCUT2D eigenvalue weighted by molar-refractivity contribution is 6.00. The number of hydrogen-bond acceptors (Lipinski definition) is 5. The molecule has 7 nitrogen and oxygen atoms in total. The number of methoxy groups -OCH3 is 2. The third-order valence-electron chi connectivity index (χ3n) is 5.74. The molecular formula is C24H27N3O4. The van der Waals surface area contributed by atoms with Crippen LogP contribution in [-0.2, 0) is 4.74 Å². The normalized spacial score (nSPS) is 15.4. The van der Waals surface area contributed by atoms with Gasteiger partial charge < -0.3 is 19.5 Å². The van der Waals surface area contributed by atoms with E-state index in [9.17, 15) is 9.90 Å². The molecule has 1 aromatic heterocycles. The maximum Gasteiger partial charge on any atom is 0.273 e. The lowest BCUT2D eigenvalue weighted by Crippen LogP contribution is -2.31. The third kappa shape index (κ3) is 3.65. The summed E-state index contributed by atoms with van der Waals surface area (Å²) in [5.41, 5.74) is 5.22. The van der Waals surface area contributed by atoms with Crippen molar-refractivity contribution in [1.29, 1.82) is 0 Å². The van der Waals surface area contributed by atoms with Crippen LogP contribution in [0, 0.1) is 13.8 Å². The SMILES string of the molecule is COCCCN1C(=O)c2[nH]nc(-c3cc(C)cc(C)c3O)c2C1c1ccc(OC)cc1. The van der Waals surface area contributed by atoms with E-state index in [1.54, 1.807) is 14.2 Å². The number of ether oxygens (including phenoxy) is 2. The van der Waals surface area contributed by atoms with Gasteiger partial charge in [0.05, 0.1) is 13.2 Å². The minimum absolute atomic E-state index is 0.102. The standard InChI is InChI=1S/C24H27N3O4/c1-14-12-15(2)23(28)18(13-14)20-19-21(26-25-20)24(29)27(10-5-11-30-3)22(19)16-6-8-17(31-4)9-7-16/h6-9,12-13,22,28H,5,10-11H2,1-4H3,(H,25,26). The van der Waals surface area contributed by atoms with E-state index >= 15 is 0 Å². The molecule has 1 unspecified atom stereocenters. The Hall–Kier alpha value is -3.32. The molecule has 31 heavy (non-hydrogen) atoms. The van der Waals surface area contributed by atoms with Gasteiger partial charge in [-0.25, -0.2) is 0 Å². The molecule has 0 fully saturated rings. The van der Waals surface area contributed by atoms with Crippen LogP contribution in [0.3, 0.4) is 0 Å². The van der Waals surface area contributed by atoms with Crippen molar-refractivity contribution in [3.8, 4) is 22.8 Å². The fourth-order valence-corrected chi connectivity index (χ4v) is 4.29. The summed E-state index contributed by atoms with van der Waals surface area (Å²) >= 11 is 0. The molecule has 0 saturated carbocycles. The number of nitrogens with one attached hydrogen (secondary N) is 1. The summed E-state index contributed by atoms with van der Waals surface area (Å²) in [5, 5.41) is 18.2. The zero-order valence-electron chi connectivity index (χ0n) is 18.2. The van der Waals surface area contributed by atoms with Crippen molar-refractivity contribution in [2.75, 3.05) is 27.4 Å². The molecule has 2 heterocycles. The van der Waals surface area contributed by atoms with Crippen molar-refractivity contribution >= 4 is 5.91 Å². The molecule has 2 aromatic carbocycles. The minimum Gasteiger partial charge on any atom is -0.507 e. The molecule has 3 aromatic rings. The van der Waals surface area contributed by atoms with E-state index < -0.39 is 0 Å². The highest BCUT2D eigenvalue weighted by Crippen LogP contribution is 2.45. The average Bonchev–Trinajstić information content (AvgIpc) is 3.30. The van der Waals surface area contributed by atoms with Gasteiger partial charge in [0.2, 0.25) is 0 Å². The number of benzene rings is 2. The van der Waals surface area contributed by atoms with Gasteiger partial charge in [0.1, 0.15) is 22.9 Å². The zero-order valence-corrected chi connectivity index (χ0v) is 18.2. The highest BCUT2D eigenvalue weighted by Gasteiger charge is 2.42. The maximum absolute atomic E-state index is 13.3. The quantitative estimate of drug-likeness (QED) is 0.563. The Morgan fingerprint density at radius 1 is 1.16 bits per heavy atom. The van der Waals surface area contributed by atoms with Crippen LogP contribution in [0.15, 0.2) is 36.4 Å². The van der Waals surface area contributed by atoms with Crippen LogP contribution >= 0.6 is 0 Å². The summed E-state index contributed by atoms with van der Waals surface area (Å²) in [6.07, 6.45) is 0.719. The Bertz CT molecular complexity index is 1100. The van der Waals surface area contributed by atoms with Crippen LogP contribution in [0.25, 0.3) is 11.3 Å². The maximum atomic E-state index is 13.3. The van der Waals surface area contributed by atoms with Crippen LogP contribution in [0.1, 0.15) is 45.2 Å². The lowest BCUT2D eigenvalue weighted by molar-refractivity contribution is 0.0723. The van der Waals surface area contributed by atoms with E-state index in [-0.39, 0.29) is 17.7 Å². The van der Waals surface area contributed by atoms with Gasteiger partial charge in [-0.2, -0.15) is 5.10 Å². The van der Waals surface area contributed by atoms with Gasteiger partial charge in [-0.05, 0) is 55.2 Å². The smallest absolute Gasteiger partial charge is 0.273 e. The lowest BCUT2D eigenvalue weighted by atomic mass is 9.94. The number of carbonyl (C=O) groups is 1. The molecule has 162 valence electrons. The molecule has 0 saturated heterocycles. The molecule has 2 N–H and O–H groups in total. The number of hydrogen-bond donors (Lipinski definition) is 2. The number of aromatic amines is 1. The number of H-pyrrole nitrogens is 1. The number of carbonyl (C=O) groups excluding carboxylic acids is 1. The molecule has 1 amide bonds. The molecule has 7 heteroatoms. The number of aryl methyl sites for hydroxylation is 2. The Morgan fingerprint density at radius 2 is 1.90 bits per heavy atom. The third-order valence-corrected chi connectivity index (χ3v) is 5.74. The second-order valence-corrected chi connectivity index (χ2v) is 7.86. The fourth-order valence-electron chi connectivity index (χ4n) is 4.29. The molecule has 0 aliphatic carbocycles. The van der Waals surface area contributed by atoms with Crippen molar-refractivity contribution in [3.05, 3.63) is 64.3 Å². The van der Waals surface area contributed by atoms with Gasteiger partial charge in [0.15, 0.2) is 0 Å². The Morgan fingerprint density at radius 3 is 2.58 bits per heavy atom. The summed E-state index contributed by atoms with van der Waals surface area (Å²) in [7, 11) is 3.28. The largest absolute Gasteiger partial charge is 0.507 e. The number of nitrogens with zero attached hydrogens (tertiary/aromatic N) is 2. The number of aromatic hydroxyl groups is 1. The highest BCUT2D eigenvalue weighted by atomic mass is 16.5. The van der Waals surface area contributed by atoms with Crippen molar-refractivity contribution in [3.63, 3.8) is 0 Å². The van der Waals surface area contributed by atoms with Gasteiger partial charge in [0.25, 0.3) is 5.91 Å². The summed E-state index contributed by atoms with van der Waals surface area (Å²) in [5.74, 6) is 0.826. The number of aromatic nitrogens is 2. The molecule has 0 radical (unpaired) electrons. The molecule has 1 atom stereocenters. The van der Waals surface area contributed by atoms with Crippen LogP contribution < -0.4 is 4.74 Å². The number of phenols is 1. The van der Waals surface area contributed by atoms with E-state index in [1.165, 1.54) is 0 Å². The molecule has 0 spiro atoms. The first-order valence-corrected chi connectivity index (χ1v) is 10.3. The Balaban J connectivity index is 1.86. The Labute approximate surface area is 181 Å². The molecule has 1 aliphatic rings. The van der Waals surface area contributed by atoms with Crippen LogP contribution in [0.2, 0.25) is 0 Å². The number of phenolic OH excluding ortho intramolecular Hbond substituents is 1. The van der Waals surface area contributed by atoms with Crippen molar-refractivity contribution in [2.24, 2.45) is 0 Å². The second kappa shape index (κ2) is 8.43. The predicted octanol–water partition coefficient (Wildman–Crippen LogP) is 3.99. The fraction of sp³-hybridized carbons (Fsp3) is 0.333. The zero-order chi connectivity index (χ0) is 22.1. The molecule has 1 aliphatic heterocycles. The number of fused-ring (bicyclic) bond motifs is 1.